The highest BCUT2D eigenvalue weighted by atomic mass is 32.2. The van der Waals surface area contributed by atoms with Gasteiger partial charge >= 0.3 is 0 Å². The van der Waals surface area contributed by atoms with Crippen LogP contribution in [-0.2, 0) is 4.79 Å². The van der Waals surface area contributed by atoms with Crippen LogP contribution in [0.5, 0.6) is 5.75 Å². The monoisotopic (exact) mass is 421 g/mol. The summed E-state index contributed by atoms with van der Waals surface area (Å²) in [5.41, 5.74) is 4.00. The van der Waals surface area contributed by atoms with Crippen LogP contribution in [0.15, 0.2) is 46.0 Å². The number of aryl methyl sites for hydroxylation is 1. The Bertz CT molecular complexity index is 1140. The predicted molar refractivity (Wildman–Crippen MR) is 122 cm³/mol. The van der Waals surface area contributed by atoms with Gasteiger partial charge in [0, 0.05) is 11.4 Å². The predicted octanol–water partition coefficient (Wildman–Crippen LogP) is 4.52. The third kappa shape index (κ3) is 3.37. The van der Waals surface area contributed by atoms with E-state index in [0.717, 1.165) is 39.9 Å². The molecule has 2 aliphatic rings. The Hall–Kier alpha value is -3.13. The van der Waals surface area contributed by atoms with E-state index in [4.69, 9.17) is 10.1 Å². The molecule has 7 nitrogen and oxygen atoms in total. The topological polar surface area (TPSA) is 83.0 Å². The molecule has 0 atom stereocenters. The van der Waals surface area contributed by atoms with Crippen molar-refractivity contribution in [3.8, 4) is 11.4 Å². The molecule has 0 saturated carbocycles. The second-order valence-electron chi connectivity index (χ2n) is 6.93. The Balaban J connectivity index is 1.76. The zero-order valence-electron chi connectivity index (χ0n) is 17.4. The molecular formula is C22H23N5O2S. The van der Waals surface area contributed by atoms with Crippen LogP contribution in [0.3, 0.4) is 0 Å². The summed E-state index contributed by atoms with van der Waals surface area (Å²) in [6.45, 7) is 8.53. The summed E-state index contributed by atoms with van der Waals surface area (Å²) in [6, 6.07) is 9.88. The molecule has 1 aromatic heterocycles. The van der Waals surface area contributed by atoms with Crippen molar-refractivity contribution in [3.05, 3.63) is 52.9 Å². The maximum Gasteiger partial charge on any atom is 0.283 e. The number of benzene rings is 1. The number of aromatic nitrogens is 1. The first-order valence-electron chi connectivity index (χ1n) is 9.84. The number of carbonyl (C=O) groups is 1. The van der Waals surface area contributed by atoms with E-state index in [0.29, 0.717) is 11.8 Å². The normalized spacial score (nSPS) is 17.3. The minimum Gasteiger partial charge on any atom is -0.492 e. The van der Waals surface area contributed by atoms with Crippen molar-refractivity contribution in [2.24, 2.45) is 10.1 Å². The summed E-state index contributed by atoms with van der Waals surface area (Å²) in [7, 11) is 0. The number of hydrazone groups is 1. The molecule has 2 aromatic rings. The summed E-state index contributed by atoms with van der Waals surface area (Å²) in [5, 5.41) is 15.7. The quantitative estimate of drug-likeness (QED) is 0.720. The van der Waals surface area contributed by atoms with E-state index in [1.165, 1.54) is 16.8 Å². The molecule has 3 heterocycles. The van der Waals surface area contributed by atoms with Gasteiger partial charge in [-0.3, -0.25) is 10.2 Å². The maximum absolute atomic E-state index is 12.6. The van der Waals surface area contributed by atoms with E-state index >= 15 is 0 Å². The number of thioether (sulfide) groups is 1. The molecule has 1 N–H and O–H groups in total. The Morgan fingerprint density at radius 1 is 1.23 bits per heavy atom. The van der Waals surface area contributed by atoms with Gasteiger partial charge in [-0.2, -0.15) is 15.1 Å². The number of amides is 1. The Kier molecular flexibility index (Phi) is 5.34. The van der Waals surface area contributed by atoms with Crippen molar-refractivity contribution in [2.45, 2.75) is 34.1 Å². The van der Waals surface area contributed by atoms with Gasteiger partial charge in [-0.05, 0) is 68.8 Å². The van der Waals surface area contributed by atoms with Crippen molar-refractivity contribution < 1.29 is 9.53 Å². The summed E-state index contributed by atoms with van der Waals surface area (Å²) in [5.74, 6) is 0.443. The average molecular weight is 422 g/mol. The molecule has 0 aliphatic carbocycles. The lowest BCUT2D eigenvalue weighted by molar-refractivity contribution is -0.114. The van der Waals surface area contributed by atoms with Gasteiger partial charge in [0.2, 0.25) is 5.17 Å². The smallest absolute Gasteiger partial charge is 0.283 e. The first-order chi connectivity index (χ1) is 14.4. The standard InChI is InChI=1S/C22H23N5O2S/c1-5-19-25-27-20(23)16(21(28)24-22(27)30-19)12-15-11-13(3)26(14(15)4)17-9-7-8-10-18(17)29-6-2/h7-12,23H,5-6H2,1-4H3/b16-12+,23-20?. The van der Waals surface area contributed by atoms with Crippen LogP contribution in [0.1, 0.15) is 37.2 Å². The van der Waals surface area contributed by atoms with E-state index in [2.05, 4.69) is 14.7 Å². The summed E-state index contributed by atoms with van der Waals surface area (Å²) in [6.07, 6.45) is 2.47. The van der Waals surface area contributed by atoms with Gasteiger partial charge in [0.1, 0.15) is 10.8 Å². The molecule has 0 bridgehead atoms. The molecule has 0 radical (unpaired) electrons. The average Bonchev–Trinajstić information content (AvgIpc) is 3.26. The largest absolute Gasteiger partial charge is 0.492 e. The number of rotatable bonds is 5. The van der Waals surface area contributed by atoms with Crippen molar-refractivity contribution in [3.63, 3.8) is 0 Å². The molecule has 0 saturated heterocycles. The fourth-order valence-electron chi connectivity index (χ4n) is 3.55. The number of nitrogens with zero attached hydrogens (tertiary/aromatic N) is 4. The molecule has 154 valence electrons. The molecule has 30 heavy (non-hydrogen) atoms. The molecule has 0 unspecified atom stereocenters. The van der Waals surface area contributed by atoms with E-state index in [1.807, 2.05) is 58.0 Å². The lowest BCUT2D eigenvalue weighted by atomic mass is 10.1. The minimum absolute atomic E-state index is 0.0560. The first-order valence-corrected chi connectivity index (χ1v) is 10.7. The highest BCUT2D eigenvalue weighted by Crippen LogP contribution is 2.32. The number of para-hydroxylation sites is 2. The van der Waals surface area contributed by atoms with Crippen LogP contribution in [0.25, 0.3) is 11.8 Å². The van der Waals surface area contributed by atoms with E-state index in [9.17, 15) is 4.79 Å². The van der Waals surface area contributed by atoms with Crippen LogP contribution in [0.2, 0.25) is 0 Å². The van der Waals surface area contributed by atoms with Crippen molar-refractivity contribution in [1.29, 1.82) is 5.41 Å². The summed E-state index contributed by atoms with van der Waals surface area (Å²) < 4.78 is 7.90. The molecule has 1 aromatic carbocycles. The molecule has 8 heteroatoms. The fourth-order valence-corrected chi connectivity index (χ4v) is 4.38. The van der Waals surface area contributed by atoms with Crippen molar-refractivity contribution >= 4 is 39.8 Å². The zero-order valence-corrected chi connectivity index (χ0v) is 18.2. The summed E-state index contributed by atoms with van der Waals surface area (Å²) >= 11 is 1.34. The lowest BCUT2D eigenvalue weighted by Gasteiger charge is -2.20. The van der Waals surface area contributed by atoms with E-state index in [-0.39, 0.29) is 11.4 Å². The minimum atomic E-state index is -0.411. The van der Waals surface area contributed by atoms with Gasteiger partial charge in [0.25, 0.3) is 5.91 Å². The number of fused-ring (bicyclic) bond motifs is 1. The van der Waals surface area contributed by atoms with Crippen molar-refractivity contribution in [2.75, 3.05) is 6.61 Å². The third-order valence-electron chi connectivity index (χ3n) is 4.97. The van der Waals surface area contributed by atoms with Gasteiger partial charge in [0.15, 0.2) is 5.84 Å². The molecule has 2 aliphatic heterocycles. The van der Waals surface area contributed by atoms with Crippen molar-refractivity contribution in [1.82, 2.24) is 9.58 Å². The van der Waals surface area contributed by atoms with E-state index < -0.39 is 5.91 Å². The zero-order chi connectivity index (χ0) is 21.4. The van der Waals surface area contributed by atoms with E-state index in [1.54, 1.807) is 6.08 Å². The third-order valence-corrected chi connectivity index (χ3v) is 6.03. The highest BCUT2D eigenvalue weighted by Gasteiger charge is 2.35. The van der Waals surface area contributed by atoms with Crippen LogP contribution in [-0.4, -0.2) is 38.1 Å². The second-order valence-corrected chi connectivity index (χ2v) is 7.97. The van der Waals surface area contributed by atoms with Crippen LogP contribution in [0.4, 0.5) is 0 Å². The SMILES string of the molecule is CCOc1ccccc1-n1c(C)cc(/C=C2\C(=N)N3N=C(CC)SC3=NC2=O)c1C. The first kappa shape index (κ1) is 20.2. The van der Waals surface area contributed by atoms with Gasteiger partial charge in [0.05, 0.1) is 17.9 Å². The number of hydrogen-bond acceptors (Lipinski definition) is 5. The molecular weight excluding hydrogens is 398 g/mol. The number of amidine groups is 2. The van der Waals surface area contributed by atoms with Gasteiger partial charge < -0.3 is 9.30 Å². The number of aliphatic imine (C=N–C) groups is 1. The van der Waals surface area contributed by atoms with Crippen LogP contribution < -0.4 is 4.74 Å². The van der Waals surface area contributed by atoms with Gasteiger partial charge in [-0.15, -0.1) is 0 Å². The number of carbonyl (C=O) groups excluding carboxylic acids is 1. The van der Waals surface area contributed by atoms with Gasteiger partial charge in [-0.25, -0.2) is 0 Å². The molecule has 0 fully saturated rings. The molecule has 1 amide bonds. The highest BCUT2D eigenvalue weighted by molar-refractivity contribution is 8.26. The second kappa shape index (κ2) is 7.95. The fraction of sp³-hybridized carbons (Fsp3) is 0.273. The number of ether oxygens (including phenoxy) is 1. The van der Waals surface area contributed by atoms with Crippen LogP contribution >= 0.6 is 11.8 Å². The maximum atomic E-state index is 12.6. The molecule has 0 spiro atoms. The van der Waals surface area contributed by atoms with Gasteiger partial charge in [-0.1, -0.05) is 19.1 Å². The number of nitrogens with one attached hydrogen (secondary N) is 1. The Morgan fingerprint density at radius 3 is 2.73 bits per heavy atom. The summed E-state index contributed by atoms with van der Waals surface area (Å²) in [4.78, 5) is 16.8. The Labute approximate surface area is 179 Å². The Morgan fingerprint density at radius 2 is 2.00 bits per heavy atom. The lowest BCUT2D eigenvalue weighted by Crippen LogP contribution is -2.35. The van der Waals surface area contributed by atoms with Crippen LogP contribution in [0, 0.1) is 19.3 Å². The number of hydrogen-bond donors (Lipinski definition) is 1. The molecule has 4 rings (SSSR count).